The van der Waals surface area contributed by atoms with Gasteiger partial charge in [-0.3, -0.25) is 14.5 Å². The Kier molecular flexibility index (Phi) is 5.36. The third-order valence-corrected chi connectivity index (χ3v) is 7.75. The number of likely N-dealkylation sites (N-methyl/N-ethyl adjacent to an activating group) is 1. The summed E-state index contributed by atoms with van der Waals surface area (Å²) in [6, 6.07) is 14.0. The standard InChI is InChI=1S/C25H27N3O2S/c1-16-8-13-20-22(14-16)31-24(26-20)17-9-11-19(12-10-17)28-23(29)15-21(25(28)30)27(2)18-6-4-3-5-7-18/h8-14,18,21H,3-7,15H2,1-2H3/t21-/m0/s1. The maximum absolute atomic E-state index is 13.2. The van der Waals surface area contributed by atoms with Crippen LogP contribution >= 0.6 is 11.3 Å². The SMILES string of the molecule is Cc1ccc2nc(-c3ccc(N4C(=O)C[C@H](N(C)C5CCCCC5)C4=O)cc3)sc2c1. The molecule has 0 radical (unpaired) electrons. The predicted molar refractivity (Wildman–Crippen MR) is 125 cm³/mol. The van der Waals surface area contributed by atoms with Crippen molar-refractivity contribution in [3.05, 3.63) is 48.0 Å². The van der Waals surface area contributed by atoms with E-state index in [1.165, 1.54) is 29.7 Å². The van der Waals surface area contributed by atoms with E-state index in [0.717, 1.165) is 33.6 Å². The molecular formula is C25H27N3O2S. The first-order chi connectivity index (χ1) is 15.0. The second-order valence-corrected chi connectivity index (χ2v) is 9.81. The summed E-state index contributed by atoms with van der Waals surface area (Å²) in [7, 11) is 2.01. The van der Waals surface area contributed by atoms with Gasteiger partial charge in [0.15, 0.2) is 0 Å². The number of carbonyl (C=O) groups is 2. The summed E-state index contributed by atoms with van der Waals surface area (Å²) < 4.78 is 1.16. The average molecular weight is 434 g/mol. The van der Waals surface area contributed by atoms with E-state index < -0.39 is 0 Å². The van der Waals surface area contributed by atoms with Crippen molar-refractivity contribution in [3.8, 4) is 10.6 Å². The Bertz CT molecular complexity index is 1130. The fraction of sp³-hybridized carbons (Fsp3) is 0.400. The number of hydrogen-bond acceptors (Lipinski definition) is 5. The van der Waals surface area contributed by atoms with Gasteiger partial charge in [-0.25, -0.2) is 9.88 Å². The van der Waals surface area contributed by atoms with Crippen LogP contribution in [0.2, 0.25) is 0 Å². The lowest BCUT2D eigenvalue weighted by molar-refractivity contribution is -0.123. The fourth-order valence-corrected chi connectivity index (χ4v) is 5.93. The van der Waals surface area contributed by atoms with Crippen LogP contribution < -0.4 is 4.90 Å². The van der Waals surface area contributed by atoms with Crippen molar-refractivity contribution in [2.75, 3.05) is 11.9 Å². The molecule has 0 bridgehead atoms. The number of benzene rings is 2. The second kappa shape index (κ2) is 8.17. The van der Waals surface area contributed by atoms with Gasteiger partial charge < -0.3 is 0 Å². The number of rotatable bonds is 4. The molecule has 2 heterocycles. The van der Waals surface area contributed by atoms with Gasteiger partial charge in [0.25, 0.3) is 5.91 Å². The summed E-state index contributed by atoms with van der Waals surface area (Å²) >= 11 is 1.66. The average Bonchev–Trinajstić information content (AvgIpc) is 3.34. The molecule has 160 valence electrons. The summed E-state index contributed by atoms with van der Waals surface area (Å²) in [5.74, 6) is -0.206. The van der Waals surface area contributed by atoms with Crippen molar-refractivity contribution in [2.45, 2.75) is 57.5 Å². The number of fused-ring (bicyclic) bond motifs is 1. The van der Waals surface area contributed by atoms with E-state index in [1.54, 1.807) is 11.3 Å². The summed E-state index contributed by atoms with van der Waals surface area (Å²) in [6.07, 6.45) is 6.19. The maximum Gasteiger partial charge on any atom is 0.251 e. The zero-order valence-corrected chi connectivity index (χ0v) is 18.8. The van der Waals surface area contributed by atoms with Crippen molar-refractivity contribution >= 4 is 39.1 Å². The zero-order valence-electron chi connectivity index (χ0n) is 18.0. The van der Waals surface area contributed by atoms with Crippen LogP contribution in [0.3, 0.4) is 0 Å². The van der Waals surface area contributed by atoms with Crippen molar-refractivity contribution in [1.29, 1.82) is 0 Å². The van der Waals surface area contributed by atoms with Crippen LogP contribution in [0.15, 0.2) is 42.5 Å². The summed E-state index contributed by atoms with van der Waals surface area (Å²) in [5, 5.41) is 0.945. The Morgan fingerprint density at radius 2 is 1.77 bits per heavy atom. The lowest BCUT2D eigenvalue weighted by Gasteiger charge is -2.34. The highest BCUT2D eigenvalue weighted by atomic mass is 32.1. The normalized spacial score (nSPS) is 20.4. The number of carbonyl (C=O) groups excluding carboxylic acids is 2. The van der Waals surface area contributed by atoms with Crippen LogP contribution in [0.1, 0.15) is 44.1 Å². The lowest BCUT2D eigenvalue weighted by Crippen LogP contribution is -2.45. The molecule has 0 spiro atoms. The second-order valence-electron chi connectivity index (χ2n) is 8.78. The van der Waals surface area contributed by atoms with Crippen LogP contribution in [0, 0.1) is 6.92 Å². The van der Waals surface area contributed by atoms with Gasteiger partial charge in [0.05, 0.1) is 28.4 Å². The van der Waals surface area contributed by atoms with Gasteiger partial charge in [0, 0.05) is 11.6 Å². The molecule has 3 aromatic rings. The number of thiazole rings is 1. The Labute approximate surface area is 186 Å². The van der Waals surface area contributed by atoms with E-state index in [2.05, 4.69) is 24.0 Å². The van der Waals surface area contributed by atoms with Gasteiger partial charge in [-0.2, -0.15) is 0 Å². The molecule has 2 amide bonds. The largest absolute Gasteiger partial charge is 0.292 e. The van der Waals surface area contributed by atoms with Gasteiger partial charge in [0.1, 0.15) is 5.01 Å². The minimum atomic E-state index is -0.345. The van der Waals surface area contributed by atoms with E-state index in [9.17, 15) is 9.59 Å². The molecule has 2 fully saturated rings. The van der Waals surface area contributed by atoms with E-state index in [4.69, 9.17) is 4.98 Å². The molecule has 5 nitrogen and oxygen atoms in total. The summed E-state index contributed by atoms with van der Waals surface area (Å²) in [4.78, 5) is 34.2. The van der Waals surface area contributed by atoms with Crippen LogP contribution in [0.5, 0.6) is 0 Å². The fourth-order valence-electron chi connectivity index (χ4n) is 4.86. The highest BCUT2D eigenvalue weighted by molar-refractivity contribution is 7.21. The van der Waals surface area contributed by atoms with E-state index >= 15 is 0 Å². The molecule has 2 aliphatic rings. The first-order valence-corrected chi connectivity index (χ1v) is 11.9. The lowest BCUT2D eigenvalue weighted by atomic mass is 9.93. The summed E-state index contributed by atoms with van der Waals surface area (Å²) in [5.41, 5.74) is 3.86. The molecule has 0 unspecified atom stereocenters. The highest BCUT2D eigenvalue weighted by Crippen LogP contribution is 2.34. The van der Waals surface area contributed by atoms with Crippen LogP contribution in [0.4, 0.5) is 5.69 Å². The molecule has 0 N–H and O–H groups in total. The Hall–Kier alpha value is -2.57. The number of imide groups is 1. The quantitative estimate of drug-likeness (QED) is 0.533. The molecule has 1 aliphatic carbocycles. The van der Waals surface area contributed by atoms with Crippen LogP contribution in [-0.4, -0.2) is 40.8 Å². The van der Waals surface area contributed by atoms with Gasteiger partial charge >= 0.3 is 0 Å². The molecule has 6 heteroatoms. The highest BCUT2D eigenvalue weighted by Gasteiger charge is 2.43. The summed E-state index contributed by atoms with van der Waals surface area (Å²) in [6.45, 7) is 2.08. The van der Waals surface area contributed by atoms with Gasteiger partial charge in [-0.15, -0.1) is 11.3 Å². The number of amides is 2. The molecular weight excluding hydrogens is 406 g/mol. The van der Waals surface area contributed by atoms with E-state index in [1.807, 2.05) is 37.4 Å². The molecule has 1 saturated carbocycles. The molecule has 5 rings (SSSR count). The number of aromatic nitrogens is 1. The van der Waals surface area contributed by atoms with Crippen molar-refractivity contribution in [3.63, 3.8) is 0 Å². The van der Waals surface area contributed by atoms with E-state index in [-0.39, 0.29) is 24.3 Å². The van der Waals surface area contributed by atoms with Gasteiger partial charge in [-0.1, -0.05) is 25.3 Å². The Morgan fingerprint density at radius 3 is 2.52 bits per heavy atom. The van der Waals surface area contributed by atoms with E-state index in [0.29, 0.717) is 11.7 Å². The smallest absolute Gasteiger partial charge is 0.251 e. The third-order valence-electron chi connectivity index (χ3n) is 6.68. The molecule has 31 heavy (non-hydrogen) atoms. The molecule has 1 aromatic heterocycles. The van der Waals surface area contributed by atoms with Gasteiger partial charge in [0.2, 0.25) is 5.91 Å². The number of anilines is 1. The zero-order chi connectivity index (χ0) is 21.5. The monoisotopic (exact) mass is 433 g/mol. The molecule has 1 aliphatic heterocycles. The molecule has 1 saturated heterocycles. The number of nitrogens with zero attached hydrogens (tertiary/aromatic N) is 3. The number of aryl methyl sites for hydroxylation is 1. The van der Waals surface area contributed by atoms with Crippen molar-refractivity contribution in [1.82, 2.24) is 9.88 Å². The Morgan fingerprint density at radius 1 is 1.03 bits per heavy atom. The van der Waals surface area contributed by atoms with Gasteiger partial charge in [-0.05, 0) is 68.8 Å². The first-order valence-electron chi connectivity index (χ1n) is 11.1. The maximum atomic E-state index is 13.2. The first kappa shape index (κ1) is 20.3. The number of hydrogen-bond donors (Lipinski definition) is 0. The van der Waals surface area contributed by atoms with Crippen LogP contribution in [0.25, 0.3) is 20.8 Å². The Balaban J connectivity index is 1.36. The van der Waals surface area contributed by atoms with Crippen molar-refractivity contribution in [2.24, 2.45) is 0 Å². The molecule has 2 aromatic carbocycles. The predicted octanol–water partition coefficient (Wildman–Crippen LogP) is 5.17. The van der Waals surface area contributed by atoms with Crippen molar-refractivity contribution < 1.29 is 9.59 Å². The minimum absolute atomic E-state index is 0.0960. The molecule has 1 atom stereocenters. The topological polar surface area (TPSA) is 53.5 Å². The third kappa shape index (κ3) is 3.79. The van der Waals surface area contributed by atoms with Crippen LogP contribution in [-0.2, 0) is 9.59 Å². The minimum Gasteiger partial charge on any atom is -0.292 e.